The van der Waals surface area contributed by atoms with Gasteiger partial charge in [0.15, 0.2) is 0 Å². The van der Waals surface area contributed by atoms with Crippen LogP contribution < -0.4 is 10.2 Å². The van der Waals surface area contributed by atoms with Crippen LogP contribution in [-0.4, -0.2) is 38.0 Å². The van der Waals surface area contributed by atoms with Gasteiger partial charge in [-0.3, -0.25) is 0 Å². The number of rotatable bonds is 5. The van der Waals surface area contributed by atoms with Crippen molar-refractivity contribution in [3.05, 3.63) is 23.8 Å². The maximum Gasteiger partial charge on any atom is 0.122 e. The lowest BCUT2D eigenvalue weighted by Gasteiger charge is -2.29. The average Bonchev–Trinajstić information content (AvgIpc) is 2.45. The number of morpholine rings is 1. The normalized spacial score (nSPS) is 17.5. The Morgan fingerprint density at radius 3 is 2.74 bits per heavy atom. The lowest BCUT2D eigenvalue weighted by molar-refractivity contribution is 0.122. The molecule has 0 aromatic heterocycles. The Labute approximate surface area is 115 Å². The van der Waals surface area contributed by atoms with Crippen molar-refractivity contribution < 1.29 is 9.84 Å². The summed E-state index contributed by atoms with van der Waals surface area (Å²) in [5.41, 5.74) is 2.04. The molecule has 2 rings (SSSR count). The zero-order chi connectivity index (χ0) is 13.7. The molecule has 0 aliphatic carbocycles. The van der Waals surface area contributed by atoms with E-state index in [4.69, 9.17) is 4.74 Å². The molecule has 0 saturated carbocycles. The first-order chi connectivity index (χ1) is 9.22. The third-order valence-electron chi connectivity index (χ3n) is 3.56. The maximum atomic E-state index is 10.2. The molecule has 0 bridgehead atoms. The fourth-order valence-corrected chi connectivity index (χ4v) is 2.39. The average molecular weight is 264 g/mol. The van der Waals surface area contributed by atoms with Gasteiger partial charge in [-0.1, -0.05) is 13.0 Å². The van der Waals surface area contributed by atoms with E-state index in [1.165, 1.54) is 0 Å². The van der Waals surface area contributed by atoms with Gasteiger partial charge >= 0.3 is 0 Å². The molecule has 1 aromatic rings. The van der Waals surface area contributed by atoms with Crippen LogP contribution >= 0.6 is 0 Å². The molecule has 0 spiro atoms. The minimum atomic E-state index is 0.179. The lowest BCUT2D eigenvalue weighted by Crippen LogP contribution is -2.36. The van der Waals surface area contributed by atoms with Gasteiger partial charge in [-0.2, -0.15) is 0 Å². The summed E-state index contributed by atoms with van der Waals surface area (Å²) in [4.78, 5) is 2.25. The zero-order valence-corrected chi connectivity index (χ0v) is 11.9. The summed E-state index contributed by atoms with van der Waals surface area (Å²) in [6.45, 7) is 8.49. The molecule has 1 saturated heterocycles. The highest BCUT2D eigenvalue weighted by Crippen LogP contribution is 2.29. The highest BCUT2D eigenvalue weighted by atomic mass is 16.5. The van der Waals surface area contributed by atoms with E-state index >= 15 is 0 Å². The number of nitrogens with zero attached hydrogens (tertiary/aromatic N) is 1. The molecule has 0 radical (unpaired) electrons. The predicted molar refractivity (Wildman–Crippen MR) is 77.8 cm³/mol. The van der Waals surface area contributed by atoms with Crippen molar-refractivity contribution in [2.75, 3.05) is 37.7 Å². The SMILES string of the molecule is CCCNC(C)c1ccc(N2CCOCC2)cc1O. The van der Waals surface area contributed by atoms with Crippen LogP contribution in [0.1, 0.15) is 31.9 Å². The second kappa shape index (κ2) is 6.78. The number of ether oxygens (including phenoxy) is 1. The van der Waals surface area contributed by atoms with Gasteiger partial charge in [-0.05, 0) is 26.0 Å². The third-order valence-corrected chi connectivity index (χ3v) is 3.56. The topological polar surface area (TPSA) is 44.7 Å². The van der Waals surface area contributed by atoms with Crippen LogP contribution in [0.5, 0.6) is 5.75 Å². The van der Waals surface area contributed by atoms with Crippen molar-refractivity contribution >= 4 is 5.69 Å². The molecule has 1 fully saturated rings. The van der Waals surface area contributed by atoms with Crippen LogP contribution in [0.15, 0.2) is 18.2 Å². The Bertz CT molecular complexity index is 403. The van der Waals surface area contributed by atoms with E-state index in [2.05, 4.69) is 30.1 Å². The van der Waals surface area contributed by atoms with Crippen molar-refractivity contribution in [2.24, 2.45) is 0 Å². The minimum absolute atomic E-state index is 0.179. The summed E-state index contributed by atoms with van der Waals surface area (Å²) in [6, 6.07) is 6.15. The molecule has 19 heavy (non-hydrogen) atoms. The first kappa shape index (κ1) is 14.2. The zero-order valence-electron chi connectivity index (χ0n) is 11.9. The van der Waals surface area contributed by atoms with Gasteiger partial charge in [-0.25, -0.2) is 0 Å². The minimum Gasteiger partial charge on any atom is -0.508 e. The van der Waals surface area contributed by atoms with Gasteiger partial charge < -0.3 is 20.1 Å². The molecule has 106 valence electrons. The summed E-state index contributed by atoms with van der Waals surface area (Å²) in [7, 11) is 0. The van der Waals surface area contributed by atoms with E-state index in [1.54, 1.807) is 0 Å². The Morgan fingerprint density at radius 1 is 1.37 bits per heavy atom. The predicted octanol–water partition coefficient (Wildman–Crippen LogP) is 2.29. The quantitative estimate of drug-likeness (QED) is 0.856. The van der Waals surface area contributed by atoms with Gasteiger partial charge in [-0.15, -0.1) is 0 Å². The number of nitrogens with one attached hydrogen (secondary N) is 1. The second-order valence-electron chi connectivity index (χ2n) is 5.02. The second-order valence-corrected chi connectivity index (χ2v) is 5.02. The van der Waals surface area contributed by atoms with E-state index in [0.717, 1.165) is 50.5 Å². The third kappa shape index (κ3) is 3.61. The fourth-order valence-electron chi connectivity index (χ4n) is 2.39. The van der Waals surface area contributed by atoms with Gasteiger partial charge in [0, 0.05) is 36.4 Å². The first-order valence-corrected chi connectivity index (χ1v) is 7.11. The van der Waals surface area contributed by atoms with Crippen LogP contribution in [0.25, 0.3) is 0 Å². The monoisotopic (exact) mass is 264 g/mol. The molecule has 1 heterocycles. The number of anilines is 1. The molecule has 4 heteroatoms. The molecule has 1 aliphatic heterocycles. The Morgan fingerprint density at radius 2 is 2.11 bits per heavy atom. The number of benzene rings is 1. The van der Waals surface area contributed by atoms with E-state index in [0.29, 0.717) is 5.75 Å². The Balaban J connectivity index is 2.07. The molecule has 2 N–H and O–H groups in total. The number of hydrogen-bond acceptors (Lipinski definition) is 4. The Kier molecular flexibility index (Phi) is 5.05. The van der Waals surface area contributed by atoms with Crippen molar-refractivity contribution in [1.82, 2.24) is 5.32 Å². The first-order valence-electron chi connectivity index (χ1n) is 7.11. The molecule has 1 aromatic carbocycles. The van der Waals surface area contributed by atoms with Crippen LogP contribution in [0.2, 0.25) is 0 Å². The number of hydrogen-bond donors (Lipinski definition) is 2. The molecule has 0 amide bonds. The molecular weight excluding hydrogens is 240 g/mol. The van der Waals surface area contributed by atoms with Crippen LogP contribution in [0.4, 0.5) is 5.69 Å². The van der Waals surface area contributed by atoms with E-state index in [9.17, 15) is 5.11 Å². The van der Waals surface area contributed by atoms with Crippen molar-refractivity contribution in [3.63, 3.8) is 0 Å². The number of aromatic hydroxyl groups is 1. The maximum absolute atomic E-state index is 10.2. The largest absolute Gasteiger partial charge is 0.508 e. The van der Waals surface area contributed by atoms with Crippen LogP contribution in [-0.2, 0) is 4.74 Å². The summed E-state index contributed by atoms with van der Waals surface area (Å²) in [6.07, 6.45) is 1.09. The van der Waals surface area contributed by atoms with E-state index in [-0.39, 0.29) is 6.04 Å². The molecule has 1 aliphatic rings. The van der Waals surface area contributed by atoms with Gasteiger partial charge in [0.2, 0.25) is 0 Å². The van der Waals surface area contributed by atoms with Gasteiger partial charge in [0.05, 0.1) is 13.2 Å². The fraction of sp³-hybridized carbons (Fsp3) is 0.600. The standard InChI is InChI=1S/C15H24N2O2/c1-3-6-16-12(2)14-5-4-13(11-15(14)18)17-7-9-19-10-8-17/h4-5,11-12,16,18H,3,6-10H2,1-2H3. The van der Waals surface area contributed by atoms with Gasteiger partial charge in [0.1, 0.15) is 5.75 Å². The smallest absolute Gasteiger partial charge is 0.122 e. The highest BCUT2D eigenvalue weighted by molar-refractivity contribution is 5.54. The summed E-state index contributed by atoms with van der Waals surface area (Å²) < 4.78 is 5.34. The Hall–Kier alpha value is -1.26. The van der Waals surface area contributed by atoms with E-state index < -0.39 is 0 Å². The van der Waals surface area contributed by atoms with Crippen LogP contribution in [0, 0.1) is 0 Å². The molecule has 1 unspecified atom stereocenters. The summed E-state index contributed by atoms with van der Waals surface area (Å²) in [5, 5.41) is 13.6. The molecular formula is C15H24N2O2. The number of phenols is 1. The van der Waals surface area contributed by atoms with Crippen molar-refractivity contribution in [1.29, 1.82) is 0 Å². The van der Waals surface area contributed by atoms with Gasteiger partial charge in [0.25, 0.3) is 0 Å². The summed E-state index contributed by atoms with van der Waals surface area (Å²) >= 11 is 0. The van der Waals surface area contributed by atoms with Crippen molar-refractivity contribution in [2.45, 2.75) is 26.3 Å². The lowest BCUT2D eigenvalue weighted by atomic mass is 10.1. The summed E-state index contributed by atoms with van der Waals surface area (Å²) in [5.74, 6) is 0.375. The highest BCUT2D eigenvalue weighted by Gasteiger charge is 2.15. The van der Waals surface area contributed by atoms with E-state index in [1.807, 2.05) is 12.1 Å². The molecule has 1 atom stereocenters. The van der Waals surface area contributed by atoms with Crippen LogP contribution in [0.3, 0.4) is 0 Å². The molecule has 4 nitrogen and oxygen atoms in total. The number of phenolic OH excluding ortho intramolecular Hbond substituents is 1. The van der Waals surface area contributed by atoms with Crippen molar-refractivity contribution in [3.8, 4) is 5.75 Å².